The topological polar surface area (TPSA) is 35.2 Å². The minimum atomic E-state index is -0.221. The van der Waals surface area contributed by atoms with Gasteiger partial charge in [-0.25, -0.2) is 0 Å². The second-order valence-electron chi connectivity index (χ2n) is 4.40. The Bertz CT molecular complexity index is 405. The molecule has 0 amide bonds. The van der Waals surface area contributed by atoms with Crippen molar-refractivity contribution >= 4 is 15.9 Å². The third-order valence-electron chi connectivity index (χ3n) is 3.47. The van der Waals surface area contributed by atoms with Gasteiger partial charge in [-0.3, -0.25) is 0 Å². The van der Waals surface area contributed by atoms with E-state index in [1.807, 2.05) is 0 Å². The average Bonchev–Trinajstić information content (AvgIpc) is 2.29. The van der Waals surface area contributed by atoms with Crippen molar-refractivity contribution in [3.8, 4) is 5.75 Å². The highest BCUT2D eigenvalue weighted by Crippen LogP contribution is 2.41. The third-order valence-corrected chi connectivity index (χ3v) is 3.93. The molecular formula is C13H18BrNO. The van der Waals surface area contributed by atoms with Crippen molar-refractivity contribution in [1.29, 1.82) is 0 Å². The van der Waals surface area contributed by atoms with Crippen molar-refractivity contribution < 1.29 is 4.74 Å². The number of ether oxygens (including phenoxy) is 1. The number of fused-ring (bicyclic) bond motifs is 1. The van der Waals surface area contributed by atoms with Gasteiger partial charge in [-0.05, 0) is 30.5 Å². The van der Waals surface area contributed by atoms with Gasteiger partial charge in [0.15, 0.2) is 0 Å². The van der Waals surface area contributed by atoms with Gasteiger partial charge in [0.2, 0.25) is 0 Å². The fourth-order valence-corrected chi connectivity index (χ4v) is 2.80. The summed E-state index contributed by atoms with van der Waals surface area (Å²) in [5.41, 5.74) is 8.64. The monoisotopic (exact) mass is 283 g/mol. The molecule has 0 spiro atoms. The van der Waals surface area contributed by atoms with Crippen molar-refractivity contribution in [2.75, 3.05) is 6.61 Å². The summed E-state index contributed by atoms with van der Waals surface area (Å²) in [6.45, 7) is 5.01. The zero-order chi connectivity index (χ0) is 11.8. The Morgan fingerprint density at radius 1 is 1.44 bits per heavy atom. The molecule has 1 aromatic rings. The molecule has 0 saturated carbocycles. The minimum Gasteiger partial charge on any atom is -0.493 e. The number of halogens is 1. The van der Waals surface area contributed by atoms with E-state index in [1.165, 1.54) is 5.56 Å². The number of rotatable bonds is 2. The first-order chi connectivity index (χ1) is 7.60. The number of hydrogen-bond acceptors (Lipinski definition) is 2. The summed E-state index contributed by atoms with van der Waals surface area (Å²) < 4.78 is 6.89. The molecule has 2 rings (SSSR count). The molecule has 1 aliphatic heterocycles. The summed E-state index contributed by atoms with van der Waals surface area (Å²) in [6, 6.07) is 4.23. The van der Waals surface area contributed by atoms with Crippen LogP contribution >= 0.6 is 15.9 Å². The van der Waals surface area contributed by atoms with Crippen LogP contribution in [0.15, 0.2) is 16.6 Å². The van der Waals surface area contributed by atoms with E-state index in [9.17, 15) is 0 Å². The summed E-state index contributed by atoms with van der Waals surface area (Å²) in [6.07, 6.45) is 2.82. The van der Waals surface area contributed by atoms with Crippen LogP contribution < -0.4 is 10.5 Å². The van der Waals surface area contributed by atoms with Gasteiger partial charge in [-0.15, -0.1) is 0 Å². The van der Waals surface area contributed by atoms with Crippen LogP contribution in [-0.4, -0.2) is 6.61 Å². The van der Waals surface area contributed by atoms with Crippen LogP contribution in [0.5, 0.6) is 5.75 Å². The lowest BCUT2D eigenvalue weighted by atomic mass is 9.82. The quantitative estimate of drug-likeness (QED) is 0.903. The first kappa shape index (κ1) is 11.9. The predicted molar refractivity (Wildman–Crippen MR) is 69.8 cm³/mol. The molecule has 0 aromatic heterocycles. The van der Waals surface area contributed by atoms with E-state index in [0.29, 0.717) is 0 Å². The molecule has 2 N–H and O–H groups in total. The van der Waals surface area contributed by atoms with Crippen LogP contribution in [0.25, 0.3) is 0 Å². The molecule has 1 heterocycles. The Hall–Kier alpha value is -0.540. The number of nitrogens with two attached hydrogens (primary N) is 1. The standard InChI is InChI=1S/C13H18BrNO/c1-3-9-7-10(14)8-11-12(9)16-6-5-13(11,15)4-2/h7-8H,3-6,15H2,1-2H3. The first-order valence-corrected chi connectivity index (χ1v) is 6.64. The third kappa shape index (κ3) is 1.87. The molecule has 1 aromatic carbocycles. The Balaban J connectivity index is 2.60. The Morgan fingerprint density at radius 2 is 2.19 bits per heavy atom. The van der Waals surface area contributed by atoms with Crippen LogP contribution in [-0.2, 0) is 12.0 Å². The summed E-state index contributed by atoms with van der Waals surface area (Å²) in [5, 5.41) is 0. The minimum absolute atomic E-state index is 0.221. The van der Waals surface area contributed by atoms with Gasteiger partial charge in [0.25, 0.3) is 0 Å². The first-order valence-electron chi connectivity index (χ1n) is 5.85. The maximum Gasteiger partial charge on any atom is 0.127 e. The van der Waals surface area contributed by atoms with Gasteiger partial charge in [0.05, 0.1) is 6.61 Å². The van der Waals surface area contributed by atoms with E-state index in [2.05, 4.69) is 41.9 Å². The maximum absolute atomic E-state index is 6.46. The molecule has 1 aliphatic rings. The Kier molecular flexibility index (Phi) is 3.27. The molecule has 1 unspecified atom stereocenters. The van der Waals surface area contributed by atoms with Gasteiger partial charge in [-0.1, -0.05) is 29.8 Å². The molecule has 16 heavy (non-hydrogen) atoms. The second-order valence-corrected chi connectivity index (χ2v) is 5.32. The highest BCUT2D eigenvalue weighted by Gasteiger charge is 2.33. The van der Waals surface area contributed by atoms with Gasteiger partial charge < -0.3 is 10.5 Å². The molecule has 0 bridgehead atoms. The van der Waals surface area contributed by atoms with Crippen molar-refractivity contribution in [3.05, 3.63) is 27.7 Å². The fraction of sp³-hybridized carbons (Fsp3) is 0.538. The molecule has 0 fully saturated rings. The molecule has 0 saturated heterocycles. The SMILES string of the molecule is CCc1cc(Br)cc2c1OCCC2(N)CC. The van der Waals surface area contributed by atoms with E-state index in [-0.39, 0.29) is 5.54 Å². The highest BCUT2D eigenvalue weighted by molar-refractivity contribution is 9.10. The number of benzene rings is 1. The van der Waals surface area contributed by atoms with E-state index in [4.69, 9.17) is 10.5 Å². The molecule has 0 radical (unpaired) electrons. The Labute approximate surface area is 105 Å². The van der Waals surface area contributed by atoms with Crippen molar-refractivity contribution in [2.24, 2.45) is 5.73 Å². The number of aryl methyl sites for hydroxylation is 1. The van der Waals surface area contributed by atoms with Gasteiger partial charge >= 0.3 is 0 Å². The average molecular weight is 284 g/mol. The largest absolute Gasteiger partial charge is 0.493 e. The van der Waals surface area contributed by atoms with Crippen molar-refractivity contribution in [3.63, 3.8) is 0 Å². The van der Waals surface area contributed by atoms with Crippen LogP contribution in [0.4, 0.5) is 0 Å². The lowest BCUT2D eigenvalue weighted by Crippen LogP contribution is -2.41. The zero-order valence-corrected chi connectivity index (χ0v) is 11.4. The zero-order valence-electron chi connectivity index (χ0n) is 9.85. The van der Waals surface area contributed by atoms with Crippen molar-refractivity contribution in [1.82, 2.24) is 0 Å². The molecule has 3 heteroatoms. The van der Waals surface area contributed by atoms with Gasteiger partial charge in [0, 0.05) is 22.0 Å². The van der Waals surface area contributed by atoms with E-state index < -0.39 is 0 Å². The van der Waals surface area contributed by atoms with Crippen LogP contribution in [0.1, 0.15) is 37.8 Å². The van der Waals surface area contributed by atoms with Crippen molar-refractivity contribution in [2.45, 2.75) is 38.6 Å². The van der Waals surface area contributed by atoms with E-state index in [1.54, 1.807) is 0 Å². The van der Waals surface area contributed by atoms with Crippen LogP contribution in [0.2, 0.25) is 0 Å². The van der Waals surface area contributed by atoms with Gasteiger partial charge in [0.1, 0.15) is 5.75 Å². The lowest BCUT2D eigenvalue weighted by molar-refractivity contribution is 0.210. The summed E-state index contributed by atoms with van der Waals surface area (Å²) in [7, 11) is 0. The van der Waals surface area contributed by atoms with Crippen LogP contribution in [0.3, 0.4) is 0 Å². The normalized spacial score (nSPS) is 23.8. The highest BCUT2D eigenvalue weighted by atomic mass is 79.9. The summed E-state index contributed by atoms with van der Waals surface area (Å²) >= 11 is 3.55. The smallest absolute Gasteiger partial charge is 0.127 e. The predicted octanol–water partition coefficient (Wildman–Crippen LogP) is 3.36. The van der Waals surface area contributed by atoms with Crippen LogP contribution in [0, 0.1) is 0 Å². The molecular weight excluding hydrogens is 266 g/mol. The molecule has 2 nitrogen and oxygen atoms in total. The lowest BCUT2D eigenvalue weighted by Gasteiger charge is -2.36. The Morgan fingerprint density at radius 3 is 2.81 bits per heavy atom. The maximum atomic E-state index is 6.46. The van der Waals surface area contributed by atoms with E-state index in [0.717, 1.165) is 41.7 Å². The number of hydrogen-bond donors (Lipinski definition) is 1. The van der Waals surface area contributed by atoms with E-state index >= 15 is 0 Å². The fourth-order valence-electron chi connectivity index (χ4n) is 2.29. The summed E-state index contributed by atoms with van der Waals surface area (Å²) in [5.74, 6) is 1.02. The summed E-state index contributed by atoms with van der Waals surface area (Å²) in [4.78, 5) is 0. The molecule has 88 valence electrons. The molecule has 1 atom stereocenters. The second kappa shape index (κ2) is 4.38. The van der Waals surface area contributed by atoms with Gasteiger partial charge in [-0.2, -0.15) is 0 Å². The molecule has 0 aliphatic carbocycles.